The molecule has 0 N–H and O–H groups in total. The van der Waals surface area contributed by atoms with Crippen molar-refractivity contribution in [1.82, 2.24) is 0 Å². The molecule has 1 saturated heterocycles. The molecule has 1 heterocycles. The maximum absolute atomic E-state index is 2.48. The minimum Gasteiger partial charge on any atom is -0.371 e. The third-order valence-corrected chi connectivity index (χ3v) is 3.27. The lowest BCUT2D eigenvalue weighted by Gasteiger charge is -2.18. The van der Waals surface area contributed by atoms with Gasteiger partial charge in [-0.3, -0.25) is 0 Å². The molecule has 1 fully saturated rings. The smallest absolute Gasteiger partial charge is 0.0376 e. The van der Waals surface area contributed by atoms with Gasteiger partial charge in [-0.1, -0.05) is 13.0 Å². The summed E-state index contributed by atoms with van der Waals surface area (Å²) >= 11 is 2.37. The number of nitrogens with zero attached hydrogens (tertiary/aromatic N) is 1. The van der Waals surface area contributed by atoms with Crippen LogP contribution in [0.4, 0.5) is 5.69 Å². The van der Waals surface area contributed by atoms with E-state index in [9.17, 15) is 0 Å². The van der Waals surface area contributed by atoms with Crippen molar-refractivity contribution in [2.45, 2.75) is 13.3 Å². The summed E-state index contributed by atoms with van der Waals surface area (Å²) in [6, 6.07) is 8.75. The predicted molar refractivity (Wildman–Crippen MR) is 65.2 cm³/mol. The van der Waals surface area contributed by atoms with Gasteiger partial charge in [-0.25, -0.2) is 0 Å². The van der Waals surface area contributed by atoms with Gasteiger partial charge in [-0.15, -0.1) is 0 Å². The summed E-state index contributed by atoms with van der Waals surface area (Å²) in [7, 11) is 0. The molecular weight excluding hydrogens is 273 g/mol. The minimum absolute atomic E-state index is 0.859. The van der Waals surface area contributed by atoms with Gasteiger partial charge in [-0.2, -0.15) is 0 Å². The fraction of sp³-hybridized carbons (Fsp3) is 0.455. The highest BCUT2D eigenvalue weighted by Gasteiger charge is 2.18. The molecule has 2 rings (SSSR count). The van der Waals surface area contributed by atoms with Crippen LogP contribution < -0.4 is 4.90 Å². The van der Waals surface area contributed by atoms with Gasteiger partial charge >= 0.3 is 0 Å². The summed E-state index contributed by atoms with van der Waals surface area (Å²) in [6.45, 7) is 4.77. The maximum atomic E-state index is 2.48. The molecule has 1 aliphatic heterocycles. The first-order valence-electron chi connectivity index (χ1n) is 4.76. The van der Waals surface area contributed by atoms with Crippen molar-refractivity contribution in [3.05, 3.63) is 27.8 Å². The van der Waals surface area contributed by atoms with Crippen molar-refractivity contribution in [1.29, 1.82) is 0 Å². The monoisotopic (exact) mass is 287 g/mol. The molecule has 70 valence electrons. The normalized spacial score (nSPS) is 22.3. The molecule has 0 aromatic heterocycles. The fourth-order valence-electron chi connectivity index (χ4n) is 1.84. The Morgan fingerprint density at radius 3 is 2.92 bits per heavy atom. The average Bonchev–Trinajstić information content (AvgIpc) is 2.52. The van der Waals surface area contributed by atoms with E-state index < -0.39 is 0 Å². The van der Waals surface area contributed by atoms with Crippen LogP contribution in [0.3, 0.4) is 0 Å². The molecular formula is C11H14IN. The van der Waals surface area contributed by atoms with Crippen molar-refractivity contribution >= 4 is 28.3 Å². The van der Waals surface area contributed by atoms with Crippen LogP contribution in [-0.2, 0) is 0 Å². The van der Waals surface area contributed by atoms with Crippen LogP contribution in [0.15, 0.2) is 24.3 Å². The van der Waals surface area contributed by atoms with Crippen LogP contribution in [0.5, 0.6) is 0 Å². The molecule has 1 aliphatic rings. The van der Waals surface area contributed by atoms with Crippen LogP contribution >= 0.6 is 22.6 Å². The Balaban J connectivity index is 2.16. The molecule has 0 radical (unpaired) electrons. The molecule has 1 aromatic carbocycles. The van der Waals surface area contributed by atoms with Crippen molar-refractivity contribution < 1.29 is 0 Å². The molecule has 0 unspecified atom stereocenters. The first-order valence-corrected chi connectivity index (χ1v) is 5.84. The molecule has 1 nitrogen and oxygen atoms in total. The molecule has 0 aliphatic carbocycles. The van der Waals surface area contributed by atoms with Crippen molar-refractivity contribution in [3.63, 3.8) is 0 Å². The van der Waals surface area contributed by atoms with E-state index in [-0.39, 0.29) is 0 Å². The third kappa shape index (κ3) is 2.16. The molecule has 1 atom stereocenters. The first kappa shape index (κ1) is 9.31. The van der Waals surface area contributed by atoms with Crippen molar-refractivity contribution in [2.75, 3.05) is 18.0 Å². The van der Waals surface area contributed by atoms with E-state index in [2.05, 4.69) is 58.7 Å². The lowest BCUT2D eigenvalue weighted by molar-refractivity contribution is 0.659. The fourth-order valence-corrected chi connectivity index (χ4v) is 2.37. The topological polar surface area (TPSA) is 3.24 Å². The Hall–Kier alpha value is -0.250. The minimum atomic E-state index is 0.859. The van der Waals surface area contributed by atoms with Gasteiger partial charge in [0.15, 0.2) is 0 Å². The molecule has 0 bridgehead atoms. The van der Waals surface area contributed by atoms with E-state index in [1.807, 2.05) is 0 Å². The van der Waals surface area contributed by atoms with Gasteiger partial charge in [-0.05, 0) is 53.1 Å². The second-order valence-corrected chi connectivity index (χ2v) is 5.07. The van der Waals surface area contributed by atoms with Gasteiger partial charge in [0.05, 0.1) is 0 Å². The molecule has 0 spiro atoms. The molecule has 0 saturated carbocycles. The lowest BCUT2D eigenvalue weighted by atomic mass is 10.2. The summed E-state index contributed by atoms with van der Waals surface area (Å²) in [5.74, 6) is 0.859. The number of hydrogen-bond acceptors (Lipinski definition) is 1. The lowest BCUT2D eigenvalue weighted by Crippen LogP contribution is -2.18. The largest absolute Gasteiger partial charge is 0.371 e. The van der Waals surface area contributed by atoms with E-state index in [4.69, 9.17) is 0 Å². The summed E-state index contributed by atoms with van der Waals surface area (Å²) in [5.41, 5.74) is 1.39. The number of anilines is 1. The van der Waals surface area contributed by atoms with E-state index in [1.165, 1.54) is 28.8 Å². The Morgan fingerprint density at radius 2 is 2.31 bits per heavy atom. The summed E-state index contributed by atoms with van der Waals surface area (Å²) in [4.78, 5) is 2.48. The Bertz CT molecular complexity index is 298. The van der Waals surface area contributed by atoms with Crippen LogP contribution in [0.1, 0.15) is 13.3 Å². The van der Waals surface area contributed by atoms with E-state index >= 15 is 0 Å². The van der Waals surface area contributed by atoms with E-state index in [1.54, 1.807) is 0 Å². The quantitative estimate of drug-likeness (QED) is 0.717. The maximum Gasteiger partial charge on any atom is 0.0376 e. The zero-order chi connectivity index (χ0) is 9.26. The predicted octanol–water partition coefficient (Wildman–Crippen LogP) is 3.14. The Labute approximate surface area is 93.3 Å². The highest BCUT2D eigenvalue weighted by Crippen LogP contribution is 2.24. The van der Waals surface area contributed by atoms with Crippen LogP contribution in [0, 0.1) is 9.49 Å². The Morgan fingerprint density at radius 1 is 1.46 bits per heavy atom. The third-order valence-electron chi connectivity index (χ3n) is 2.60. The van der Waals surface area contributed by atoms with Gasteiger partial charge in [0.1, 0.15) is 0 Å². The second-order valence-electron chi connectivity index (χ2n) is 3.82. The molecule has 0 amide bonds. The zero-order valence-corrected chi connectivity index (χ0v) is 9.99. The van der Waals surface area contributed by atoms with Gasteiger partial charge < -0.3 is 4.90 Å². The average molecular weight is 287 g/mol. The van der Waals surface area contributed by atoms with Crippen molar-refractivity contribution in [3.8, 4) is 0 Å². The van der Waals surface area contributed by atoms with Gasteiger partial charge in [0.2, 0.25) is 0 Å². The number of rotatable bonds is 1. The number of halogens is 1. The van der Waals surface area contributed by atoms with Gasteiger partial charge in [0.25, 0.3) is 0 Å². The SMILES string of the molecule is C[C@H]1CCN(c2cccc(I)c2)C1. The van der Waals surface area contributed by atoms with E-state index in [0.29, 0.717) is 0 Å². The zero-order valence-electron chi connectivity index (χ0n) is 7.83. The van der Waals surface area contributed by atoms with Crippen LogP contribution in [-0.4, -0.2) is 13.1 Å². The highest BCUT2D eigenvalue weighted by atomic mass is 127. The van der Waals surface area contributed by atoms with E-state index in [0.717, 1.165) is 5.92 Å². The van der Waals surface area contributed by atoms with Crippen LogP contribution in [0.25, 0.3) is 0 Å². The van der Waals surface area contributed by atoms with Gasteiger partial charge in [0, 0.05) is 22.3 Å². The number of benzene rings is 1. The molecule has 13 heavy (non-hydrogen) atoms. The molecule has 2 heteroatoms. The Kier molecular flexibility index (Phi) is 2.77. The second kappa shape index (κ2) is 3.86. The van der Waals surface area contributed by atoms with Crippen molar-refractivity contribution in [2.24, 2.45) is 5.92 Å². The standard InChI is InChI=1S/C11H14IN/c1-9-5-6-13(8-9)11-4-2-3-10(12)7-11/h2-4,7,9H,5-6,8H2,1H3/t9-/m0/s1. The highest BCUT2D eigenvalue weighted by molar-refractivity contribution is 14.1. The summed E-state index contributed by atoms with van der Waals surface area (Å²) in [5, 5.41) is 0. The molecule has 1 aromatic rings. The van der Waals surface area contributed by atoms with Crippen LogP contribution in [0.2, 0.25) is 0 Å². The number of hydrogen-bond donors (Lipinski definition) is 0. The summed E-state index contributed by atoms with van der Waals surface area (Å²) < 4.78 is 1.33. The summed E-state index contributed by atoms with van der Waals surface area (Å²) in [6.07, 6.45) is 1.34. The first-order chi connectivity index (χ1) is 6.25.